The van der Waals surface area contributed by atoms with Crippen molar-refractivity contribution in [2.45, 2.75) is 26.7 Å². The quantitative estimate of drug-likeness (QED) is 0.523. The van der Waals surface area contributed by atoms with Crippen molar-refractivity contribution in [1.29, 1.82) is 5.41 Å². The molecule has 0 spiro atoms. The third-order valence-electron chi connectivity index (χ3n) is 3.93. The lowest BCUT2D eigenvalue weighted by Crippen LogP contribution is -2.14. The minimum absolute atomic E-state index is 0.00778. The summed E-state index contributed by atoms with van der Waals surface area (Å²) in [5.74, 6) is -1.93. The van der Waals surface area contributed by atoms with Gasteiger partial charge >= 0.3 is 0 Å². The number of halogens is 3. The number of aromatic nitrogens is 3. The standard InChI is InChI=1S/C18H17ClF2N4O/c1-4-26-17(22)11-8-23-18-14(10-5-6-12(20)13(21)7-10)16(19)24-25(18)15(11)9(2)3/h5-9,22H,4H2,1-3H3. The predicted molar refractivity (Wildman–Crippen MR) is 95.9 cm³/mol. The number of rotatable bonds is 4. The van der Waals surface area contributed by atoms with Crippen LogP contribution in [0.5, 0.6) is 0 Å². The second kappa shape index (κ2) is 6.99. The van der Waals surface area contributed by atoms with E-state index in [1.54, 1.807) is 6.92 Å². The number of nitrogens with one attached hydrogen (secondary N) is 1. The zero-order valence-corrected chi connectivity index (χ0v) is 15.2. The van der Waals surface area contributed by atoms with Gasteiger partial charge in [-0.25, -0.2) is 18.3 Å². The Morgan fingerprint density at radius 1 is 1.31 bits per heavy atom. The molecule has 0 aliphatic heterocycles. The van der Waals surface area contributed by atoms with Gasteiger partial charge in [-0.3, -0.25) is 5.41 Å². The minimum atomic E-state index is -0.975. The molecule has 0 aliphatic carbocycles. The number of hydrogen-bond donors (Lipinski definition) is 1. The first kappa shape index (κ1) is 18.3. The highest BCUT2D eigenvalue weighted by Crippen LogP contribution is 2.34. The Balaban J connectivity index is 2.28. The van der Waals surface area contributed by atoms with Crippen LogP contribution in [0.2, 0.25) is 5.15 Å². The summed E-state index contributed by atoms with van der Waals surface area (Å²) in [6, 6.07) is 3.52. The van der Waals surface area contributed by atoms with E-state index in [1.807, 2.05) is 13.8 Å². The Bertz CT molecular complexity index is 1000. The van der Waals surface area contributed by atoms with E-state index in [4.69, 9.17) is 21.7 Å². The third-order valence-corrected chi connectivity index (χ3v) is 4.19. The highest BCUT2D eigenvalue weighted by Gasteiger charge is 2.23. The van der Waals surface area contributed by atoms with Gasteiger partial charge in [-0.2, -0.15) is 5.10 Å². The van der Waals surface area contributed by atoms with E-state index in [0.717, 1.165) is 12.1 Å². The fourth-order valence-corrected chi connectivity index (χ4v) is 3.10. The zero-order valence-electron chi connectivity index (χ0n) is 14.5. The Labute approximate surface area is 154 Å². The predicted octanol–water partition coefficient (Wildman–Crippen LogP) is 4.81. The van der Waals surface area contributed by atoms with Gasteiger partial charge < -0.3 is 4.74 Å². The van der Waals surface area contributed by atoms with E-state index in [1.165, 1.54) is 16.8 Å². The van der Waals surface area contributed by atoms with Crippen LogP contribution in [-0.2, 0) is 4.74 Å². The highest BCUT2D eigenvalue weighted by atomic mass is 35.5. The Hall–Kier alpha value is -2.54. The normalized spacial score (nSPS) is 11.3. The number of nitrogens with zero attached hydrogens (tertiary/aromatic N) is 3. The van der Waals surface area contributed by atoms with Crippen LogP contribution < -0.4 is 0 Å². The van der Waals surface area contributed by atoms with Crippen molar-refractivity contribution in [1.82, 2.24) is 14.6 Å². The first-order valence-electron chi connectivity index (χ1n) is 8.09. The van der Waals surface area contributed by atoms with Crippen molar-refractivity contribution in [2.75, 3.05) is 6.61 Å². The highest BCUT2D eigenvalue weighted by molar-refractivity contribution is 6.33. The van der Waals surface area contributed by atoms with Gasteiger partial charge in [-0.05, 0) is 30.5 Å². The van der Waals surface area contributed by atoms with Crippen LogP contribution in [0, 0.1) is 17.0 Å². The average Bonchev–Trinajstić information content (AvgIpc) is 2.92. The molecule has 2 aromatic heterocycles. The molecule has 1 aromatic carbocycles. The molecule has 3 rings (SSSR count). The van der Waals surface area contributed by atoms with Gasteiger partial charge in [0.25, 0.3) is 0 Å². The first-order valence-corrected chi connectivity index (χ1v) is 8.47. The molecule has 26 heavy (non-hydrogen) atoms. The maximum absolute atomic E-state index is 13.7. The fraction of sp³-hybridized carbons (Fsp3) is 0.278. The SMILES string of the molecule is CCOC(=N)c1cnc2c(-c3ccc(F)c(F)c3)c(Cl)nn2c1C(C)C. The van der Waals surface area contributed by atoms with Gasteiger partial charge in [0.1, 0.15) is 0 Å². The summed E-state index contributed by atoms with van der Waals surface area (Å²) < 4.78 is 33.7. The maximum Gasteiger partial charge on any atom is 0.216 e. The van der Waals surface area contributed by atoms with Crippen molar-refractivity contribution in [3.05, 3.63) is 52.4 Å². The van der Waals surface area contributed by atoms with Gasteiger partial charge in [0.05, 0.1) is 23.4 Å². The Morgan fingerprint density at radius 3 is 2.65 bits per heavy atom. The van der Waals surface area contributed by atoms with E-state index < -0.39 is 11.6 Å². The summed E-state index contributed by atoms with van der Waals surface area (Å²) in [6.45, 7) is 6.05. The van der Waals surface area contributed by atoms with Crippen LogP contribution in [0.1, 0.15) is 37.9 Å². The van der Waals surface area contributed by atoms with E-state index in [2.05, 4.69) is 10.1 Å². The number of hydrogen-bond acceptors (Lipinski definition) is 4. The van der Waals surface area contributed by atoms with E-state index >= 15 is 0 Å². The molecule has 5 nitrogen and oxygen atoms in total. The molecule has 0 fully saturated rings. The Morgan fingerprint density at radius 2 is 2.04 bits per heavy atom. The van der Waals surface area contributed by atoms with Crippen LogP contribution in [0.4, 0.5) is 8.78 Å². The summed E-state index contributed by atoms with van der Waals surface area (Å²) in [6.07, 6.45) is 1.52. The smallest absolute Gasteiger partial charge is 0.216 e. The van der Waals surface area contributed by atoms with Crippen LogP contribution in [0.15, 0.2) is 24.4 Å². The van der Waals surface area contributed by atoms with Gasteiger partial charge in [0.2, 0.25) is 5.90 Å². The fourth-order valence-electron chi connectivity index (χ4n) is 2.83. The summed E-state index contributed by atoms with van der Waals surface area (Å²) in [7, 11) is 0. The van der Waals surface area contributed by atoms with Crippen LogP contribution in [-0.4, -0.2) is 27.1 Å². The molecule has 136 valence electrons. The van der Waals surface area contributed by atoms with Gasteiger partial charge in [0, 0.05) is 6.20 Å². The van der Waals surface area contributed by atoms with Crippen molar-refractivity contribution in [3.63, 3.8) is 0 Å². The minimum Gasteiger partial charge on any atom is -0.478 e. The third kappa shape index (κ3) is 3.03. The van der Waals surface area contributed by atoms with E-state index in [-0.39, 0.29) is 17.0 Å². The molecule has 0 amide bonds. The van der Waals surface area contributed by atoms with Crippen LogP contribution in [0.3, 0.4) is 0 Å². The molecule has 0 saturated heterocycles. The second-order valence-electron chi connectivity index (χ2n) is 6.00. The maximum atomic E-state index is 13.7. The van der Waals surface area contributed by atoms with Crippen molar-refractivity contribution in [2.24, 2.45) is 0 Å². The summed E-state index contributed by atoms with van der Waals surface area (Å²) >= 11 is 6.29. The number of benzene rings is 1. The topological polar surface area (TPSA) is 63.3 Å². The van der Waals surface area contributed by atoms with Crippen molar-refractivity contribution in [3.8, 4) is 11.1 Å². The molecule has 0 saturated carbocycles. The summed E-state index contributed by atoms with van der Waals surface area (Å²) in [5, 5.41) is 12.5. The molecule has 0 atom stereocenters. The number of fused-ring (bicyclic) bond motifs is 1. The summed E-state index contributed by atoms with van der Waals surface area (Å²) in [5.41, 5.74) is 2.38. The van der Waals surface area contributed by atoms with Gasteiger partial charge in [-0.15, -0.1) is 0 Å². The van der Waals surface area contributed by atoms with Crippen molar-refractivity contribution < 1.29 is 13.5 Å². The molecule has 0 unspecified atom stereocenters. The molecule has 0 aliphatic rings. The lowest BCUT2D eigenvalue weighted by atomic mass is 10.0. The number of ether oxygens (including phenoxy) is 1. The summed E-state index contributed by atoms with van der Waals surface area (Å²) in [4.78, 5) is 4.36. The molecular formula is C18H17ClF2N4O. The van der Waals surface area contributed by atoms with Crippen LogP contribution >= 0.6 is 11.6 Å². The molecule has 0 radical (unpaired) electrons. The van der Waals surface area contributed by atoms with E-state index in [0.29, 0.717) is 34.6 Å². The molecule has 8 heteroatoms. The second-order valence-corrected chi connectivity index (χ2v) is 6.36. The molecule has 0 bridgehead atoms. The van der Waals surface area contributed by atoms with Gasteiger partial charge in [-0.1, -0.05) is 31.5 Å². The largest absolute Gasteiger partial charge is 0.478 e. The molecule has 3 aromatic rings. The lowest BCUT2D eigenvalue weighted by Gasteiger charge is -2.15. The lowest BCUT2D eigenvalue weighted by molar-refractivity contribution is 0.325. The zero-order chi connectivity index (χ0) is 19.0. The molecular weight excluding hydrogens is 362 g/mol. The monoisotopic (exact) mass is 378 g/mol. The average molecular weight is 379 g/mol. The van der Waals surface area contributed by atoms with Crippen molar-refractivity contribution >= 4 is 23.1 Å². The molecule has 2 heterocycles. The first-order chi connectivity index (χ1) is 12.3. The van der Waals surface area contributed by atoms with Gasteiger partial charge in [0.15, 0.2) is 22.4 Å². The van der Waals surface area contributed by atoms with Crippen LogP contribution in [0.25, 0.3) is 16.8 Å². The molecule has 1 N–H and O–H groups in total. The van der Waals surface area contributed by atoms with E-state index in [9.17, 15) is 8.78 Å². The Kier molecular flexibility index (Phi) is 4.91.